The van der Waals surface area contributed by atoms with Gasteiger partial charge in [0.25, 0.3) is 0 Å². The van der Waals surface area contributed by atoms with E-state index >= 15 is 0 Å². The van der Waals surface area contributed by atoms with Crippen LogP contribution in [0.4, 0.5) is 5.69 Å². The highest BCUT2D eigenvalue weighted by Crippen LogP contribution is 2.18. The third kappa shape index (κ3) is 4.53. The van der Waals surface area contributed by atoms with Crippen molar-refractivity contribution in [1.82, 2.24) is 14.6 Å². The Morgan fingerprint density at radius 3 is 2.29 bits per heavy atom. The molecule has 0 aliphatic carbocycles. The zero-order valence-corrected chi connectivity index (χ0v) is 14.4. The zero-order valence-electron chi connectivity index (χ0n) is 13.6. The molecule has 1 aromatic carbocycles. The van der Waals surface area contributed by atoms with Crippen LogP contribution in [0.25, 0.3) is 0 Å². The van der Waals surface area contributed by atoms with Gasteiger partial charge in [-0.05, 0) is 29.8 Å². The van der Waals surface area contributed by atoms with Gasteiger partial charge in [0.2, 0.25) is 5.91 Å². The molecule has 7 nitrogen and oxygen atoms in total. The molecule has 1 N–H and O–H groups in total. The molecule has 0 unspecified atom stereocenters. The highest BCUT2D eigenvalue weighted by atomic mass is 32.2. The fourth-order valence-corrected chi connectivity index (χ4v) is 3.05. The fraction of sp³-hybridized carbons (Fsp3) is 0.250. The molecule has 1 amide bonds. The maximum atomic E-state index is 12.5. The molecule has 8 heteroatoms. The summed E-state index contributed by atoms with van der Waals surface area (Å²) in [6.07, 6.45) is 3.27. The Morgan fingerprint density at radius 1 is 1.08 bits per heavy atom. The predicted octanol–water partition coefficient (Wildman–Crippen LogP) is 1.01. The lowest BCUT2D eigenvalue weighted by Gasteiger charge is -2.26. The van der Waals surface area contributed by atoms with Crippen molar-refractivity contribution in [3.63, 3.8) is 0 Å². The first-order valence-corrected chi connectivity index (χ1v) is 8.72. The molecule has 0 spiro atoms. The first-order valence-electron chi connectivity index (χ1n) is 7.32. The lowest BCUT2D eigenvalue weighted by atomic mass is 10.3. The molecule has 0 saturated heterocycles. The number of para-hydroxylation sites is 1. The van der Waals surface area contributed by atoms with Gasteiger partial charge in [0.05, 0.1) is 5.69 Å². The molecule has 0 radical (unpaired) electrons. The minimum Gasteiger partial charge on any atom is -0.350 e. The van der Waals surface area contributed by atoms with Gasteiger partial charge in [-0.3, -0.25) is 9.78 Å². The van der Waals surface area contributed by atoms with Crippen molar-refractivity contribution in [2.75, 3.05) is 24.9 Å². The van der Waals surface area contributed by atoms with Gasteiger partial charge in [0.15, 0.2) is 0 Å². The number of amides is 1. The van der Waals surface area contributed by atoms with Crippen molar-refractivity contribution in [1.29, 1.82) is 0 Å². The Bertz CT molecular complexity index is 764. The van der Waals surface area contributed by atoms with Gasteiger partial charge in [-0.25, -0.2) is 4.31 Å². The van der Waals surface area contributed by atoms with E-state index in [1.807, 2.05) is 0 Å². The highest BCUT2D eigenvalue weighted by molar-refractivity contribution is 7.90. The van der Waals surface area contributed by atoms with Crippen LogP contribution in [-0.4, -0.2) is 44.3 Å². The van der Waals surface area contributed by atoms with Gasteiger partial charge in [-0.2, -0.15) is 12.7 Å². The van der Waals surface area contributed by atoms with Gasteiger partial charge in [0.1, 0.15) is 6.54 Å². The summed E-state index contributed by atoms with van der Waals surface area (Å²) in [5, 5.41) is 2.72. The zero-order chi connectivity index (χ0) is 17.6. The number of hydrogen-bond donors (Lipinski definition) is 1. The van der Waals surface area contributed by atoms with Gasteiger partial charge in [-0.15, -0.1) is 0 Å². The van der Waals surface area contributed by atoms with Crippen LogP contribution in [0.3, 0.4) is 0 Å². The maximum Gasteiger partial charge on any atom is 0.304 e. The van der Waals surface area contributed by atoms with E-state index in [0.717, 1.165) is 14.2 Å². The average molecular weight is 348 g/mol. The summed E-state index contributed by atoms with van der Waals surface area (Å²) in [6.45, 7) is 0.0155. The molecule has 0 aliphatic heterocycles. The molecule has 0 bridgehead atoms. The van der Waals surface area contributed by atoms with Crippen molar-refractivity contribution in [3.05, 3.63) is 60.4 Å². The topological polar surface area (TPSA) is 82.6 Å². The van der Waals surface area contributed by atoms with Crippen LogP contribution in [0.5, 0.6) is 0 Å². The summed E-state index contributed by atoms with van der Waals surface area (Å²) in [6, 6.07) is 12.1. The predicted molar refractivity (Wildman–Crippen MR) is 92.5 cm³/mol. The van der Waals surface area contributed by atoms with E-state index in [2.05, 4.69) is 10.3 Å². The normalized spacial score (nSPS) is 11.3. The van der Waals surface area contributed by atoms with Crippen LogP contribution in [0.2, 0.25) is 0 Å². The van der Waals surface area contributed by atoms with Crippen LogP contribution >= 0.6 is 0 Å². The van der Waals surface area contributed by atoms with Crippen molar-refractivity contribution < 1.29 is 13.2 Å². The van der Waals surface area contributed by atoms with Crippen LogP contribution in [0.1, 0.15) is 5.56 Å². The van der Waals surface area contributed by atoms with Gasteiger partial charge >= 0.3 is 10.2 Å². The minimum atomic E-state index is -3.77. The summed E-state index contributed by atoms with van der Waals surface area (Å²) in [4.78, 5) is 16.1. The van der Waals surface area contributed by atoms with Crippen molar-refractivity contribution in [3.8, 4) is 0 Å². The highest BCUT2D eigenvalue weighted by Gasteiger charge is 2.26. The quantitative estimate of drug-likeness (QED) is 0.810. The molecule has 24 heavy (non-hydrogen) atoms. The number of anilines is 1. The monoisotopic (exact) mass is 348 g/mol. The van der Waals surface area contributed by atoms with Crippen molar-refractivity contribution in [2.24, 2.45) is 0 Å². The SMILES string of the molecule is CN(C)S(=O)(=O)N(CC(=O)NCc1ccncc1)c1ccccc1. The Hall–Kier alpha value is -2.45. The number of nitrogens with zero attached hydrogens (tertiary/aromatic N) is 3. The smallest absolute Gasteiger partial charge is 0.304 e. The third-order valence-electron chi connectivity index (χ3n) is 3.31. The number of carbonyl (C=O) groups is 1. The van der Waals surface area contributed by atoms with Crippen molar-refractivity contribution >= 4 is 21.8 Å². The van der Waals surface area contributed by atoms with E-state index in [9.17, 15) is 13.2 Å². The van der Waals surface area contributed by atoms with Gasteiger partial charge in [-0.1, -0.05) is 18.2 Å². The Balaban J connectivity index is 2.12. The molecule has 128 valence electrons. The lowest BCUT2D eigenvalue weighted by Crippen LogP contribution is -2.45. The maximum absolute atomic E-state index is 12.5. The average Bonchev–Trinajstić information content (AvgIpc) is 2.59. The molecule has 1 heterocycles. The summed E-state index contributed by atoms with van der Waals surface area (Å²) in [5.74, 6) is -0.388. The number of benzene rings is 1. The van der Waals surface area contributed by atoms with Crippen LogP contribution in [0, 0.1) is 0 Å². The Morgan fingerprint density at radius 2 is 1.71 bits per heavy atom. The van der Waals surface area contributed by atoms with Crippen LogP contribution in [-0.2, 0) is 21.5 Å². The number of nitrogens with one attached hydrogen (secondary N) is 1. The minimum absolute atomic E-state index is 0.296. The molecule has 0 aliphatic rings. The first kappa shape index (κ1) is 17.9. The molecular weight excluding hydrogens is 328 g/mol. The lowest BCUT2D eigenvalue weighted by molar-refractivity contribution is -0.119. The van der Waals surface area contributed by atoms with E-state index in [-0.39, 0.29) is 12.5 Å². The summed E-state index contributed by atoms with van der Waals surface area (Å²) < 4.78 is 27.2. The second kappa shape index (κ2) is 7.89. The van der Waals surface area contributed by atoms with Crippen LogP contribution < -0.4 is 9.62 Å². The van der Waals surface area contributed by atoms with E-state index < -0.39 is 10.2 Å². The second-order valence-electron chi connectivity index (χ2n) is 5.26. The van der Waals surface area contributed by atoms with Crippen molar-refractivity contribution in [2.45, 2.75) is 6.54 Å². The summed E-state index contributed by atoms with van der Waals surface area (Å²) >= 11 is 0. The molecule has 2 rings (SSSR count). The number of pyridine rings is 1. The number of aromatic nitrogens is 1. The Kier molecular flexibility index (Phi) is 5.88. The van der Waals surface area contributed by atoms with Gasteiger partial charge < -0.3 is 5.32 Å². The molecule has 1 aromatic heterocycles. The second-order valence-corrected chi connectivity index (χ2v) is 7.33. The standard InChI is InChI=1S/C16H20N4O3S/c1-19(2)24(22,23)20(15-6-4-3-5-7-15)13-16(21)18-12-14-8-10-17-11-9-14/h3-11H,12-13H2,1-2H3,(H,18,21). The fourth-order valence-electron chi connectivity index (χ4n) is 1.99. The van der Waals surface area contributed by atoms with E-state index in [1.54, 1.807) is 54.9 Å². The number of carbonyl (C=O) groups excluding carboxylic acids is 1. The third-order valence-corrected chi connectivity index (χ3v) is 5.13. The van der Waals surface area contributed by atoms with Gasteiger partial charge in [0, 0.05) is 33.0 Å². The number of hydrogen-bond acceptors (Lipinski definition) is 4. The van der Waals surface area contributed by atoms with E-state index in [1.165, 1.54) is 14.1 Å². The Labute approximate surface area is 142 Å². The largest absolute Gasteiger partial charge is 0.350 e. The van der Waals surface area contributed by atoms with Crippen LogP contribution in [0.15, 0.2) is 54.9 Å². The molecule has 0 fully saturated rings. The molecule has 0 atom stereocenters. The first-order chi connectivity index (χ1) is 11.4. The van der Waals surface area contributed by atoms with E-state index in [4.69, 9.17) is 0 Å². The molecule has 0 saturated carbocycles. The number of rotatable bonds is 7. The summed E-state index contributed by atoms with van der Waals surface area (Å²) in [5.41, 5.74) is 1.32. The van der Waals surface area contributed by atoms with E-state index in [0.29, 0.717) is 12.2 Å². The molecule has 2 aromatic rings. The molecular formula is C16H20N4O3S. The summed E-state index contributed by atoms with van der Waals surface area (Å²) in [7, 11) is -0.913.